The first-order valence-electron chi connectivity index (χ1n) is 9.33. The van der Waals surface area contributed by atoms with Gasteiger partial charge >= 0.3 is 5.97 Å². The Labute approximate surface area is 194 Å². The third-order valence-electron chi connectivity index (χ3n) is 4.48. The van der Waals surface area contributed by atoms with Gasteiger partial charge in [0.25, 0.3) is 11.8 Å². The Morgan fingerprint density at radius 2 is 1.78 bits per heavy atom. The van der Waals surface area contributed by atoms with Crippen LogP contribution >= 0.6 is 23.2 Å². The van der Waals surface area contributed by atoms with Crippen molar-refractivity contribution in [3.63, 3.8) is 0 Å². The third kappa shape index (κ3) is 6.09. The molecule has 1 aliphatic rings. The van der Waals surface area contributed by atoms with E-state index < -0.39 is 46.8 Å². The van der Waals surface area contributed by atoms with Crippen LogP contribution in [-0.4, -0.2) is 51.1 Å². The number of hydrogen-bond acceptors (Lipinski definition) is 6. The van der Waals surface area contributed by atoms with Crippen LogP contribution in [0, 0.1) is 0 Å². The van der Waals surface area contributed by atoms with E-state index in [1.165, 1.54) is 29.2 Å². The molecule has 0 spiro atoms. The maximum absolute atomic E-state index is 12.8. The Kier molecular flexibility index (Phi) is 7.55. The largest absolute Gasteiger partial charge is 0.454 e. The molecule has 3 rings (SSSR count). The van der Waals surface area contributed by atoms with Crippen LogP contribution in [0.25, 0.3) is 0 Å². The van der Waals surface area contributed by atoms with Gasteiger partial charge in [0.2, 0.25) is 0 Å². The lowest BCUT2D eigenvalue weighted by molar-refractivity contribution is -0.146. The number of ether oxygens (including phenoxy) is 1. The van der Waals surface area contributed by atoms with Crippen LogP contribution in [0.5, 0.6) is 0 Å². The highest BCUT2D eigenvalue weighted by Gasteiger charge is 2.31. The summed E-state index contributed by atoms with van der Waals surface area (Å²) in [5.41, 5.74) is 0.668. The number of carbonyl (C=O) groups excluding carboxylic acids is 3. The molecule has 0 radical (unpaired) electrons. The fourth-order valence-electron chi connectivity index (χ4n) is 2.98. The molecule has 0 saturated heterocycles. The molecule has 168 valence electrons. The van der Waals surface area contributed by atoms with Crippen molar-refractivity contribution in [1.82, 2.24) is 5.32 Å². The first-order chi connectivity index (χ1) is 15.2. The molecule has 1 N–H and O–H groups in total. The zero-order valence-corrected chi connectivity index (χ0v) is 18.9. The van der Waals surface area contributed by atoms with E-state index in [1.54, 1.807) is 30.3 Å². The molecule has 11 heteroatoms. The van der Waals surface area contributed by atoms with Gasteiger partial charge in [-0.3, -0.25) is 14.4 Å². The quantitative estimate of drug-likeness (QED) is 0.589. The molecule has 0 fully saturated rings. The summed E-state index contributed by atoms with van der Waals surface area (Å²) in [4.78, 5) is 38.2. The minimum atomic E-state index is -3.41. The van der Waals surface area contributed by atoms with Crippen molar-refractivity contribution in [3.8, 4) is 0 Å². The van der Waals surface area contributed by atoms with Gasteiger partial charge in [-0.1, -0.05) is 41.4 Å². The van der Waals surface area contributed by atoms with Gasteiger partial charge in [0, 0.05) is 16.7 Å². The molecular formula is C21H18Cl2N2O6S. The predicted octanol–water partition coefficient (Wildman–Crippen LogP) is 2.61. The number of nitrogens with one attached hydrogen (secondary N) is 1. The second-order valence-electron chi connectivity index (χ2n) is 6.80. The zero-order chi connectivity index (χ0) is 23.3. The maximum atomic E-state index is 12.8. The van der Waals surface area contributed by atoms with Gasteiger partial charge < -0.3 is 15.0 Å². The molecule has 2 amide bonds. The Balaban J connectivity index is 1.58. The molecule has 0 aromatic heterocycles. The predicted molar refractivity (Wildman–Crippen MR) is 120 cm³/mol. The monoisotopic (exact) mass is 496 g/mol. The number of hydrogen-bond donors (Lipinski definition) is 1. The lowest BCUT2D eigenvalue weighted by atomic mass is 10.2. The summed E-state index contributed by atoms with van der Waals surface area (Å²) in [6.45, 7) is -1.10. The van der Waals surface area contributed by atoms with E-state index in [0.29, 0.717) is 5.69 Å². The number of benzene rings is 2. The Morgan fingerprint density at radius 1 is 1.06 bits per heavy atom. The second kappa shape index (κ2) is 10.2. The lowest BCUT2D eigenvalue weighted by Gasteiger charge is -2.27. The van der Waals surface area contributed by atoms with Gasteiger partial charge in [-0.2, -0.15) is 0 Å². The van der Waals surface area contributed by atoms with E-state index in [1.807, 2.05) is 0 Å². The first kappa shape index (κ1) is 23.8. The van der Waals surface area contributed by atoms with Crippen LogP contribution in [0.3, 0.4) is 0 Å². The summed E-state index contributed by atoms with van der Waals surface area (Å²) in [7, 11) is -3.41. The van der Waals surface area contributed by atoms with Crippen LogP contribution in [-0.2, 0) is 24.2 Å². The third-order valence-corrected chi connectivity index (χ3v) is 6.59. The number of rotatable bonds is 7. The van der Waals surface area contributed by atoms with Crippen LogP contribution in [0.15, 0.2) is 60.0 Å². The van der Waals surface area contributed by atoms with Gasteiger partial charge in [-0.15, -0.1) is 0 Å². The lowest BCUT2D eigenvalue weighted by Crippen LogP contribution is -2.44. The van der Waals surface area contributed by atoms with Gasteiger partial charge in [-0.25, -0.2) is 8.42 Å². The Hall–Kier alpha value is -2.88. The summed E-state index contributed by atoms with van der Waals surface area (Å²) in [5, 5.41) is 3.90. The topological polar surface area (TPSA) is 110 Å². The minimum Gasteiger partial charge on any atom is -0.454 e. The van der Waals surface area contributed by atoms with E-state index in [4.69, 9.17) is 27.9 Å². The van der Waals surface area contributed by atoms with Crippen LogP contribution < -0.4 is 10.2 Å². The summed E-state index contributed by atoms with van der Waals surface area (Å²) in [6, 6.07) is 12.0. The average molecular weight is 497 g/mol. The maximum Gasteiger partial charge on any atom is 0.325 e. The Morgan fingerprint density at radius 3 is 2.41 bits per heavy atom. The van der Waals surface area contributed by atoms with Crippen molar-refractivity contribution >= 4 is 56.5 Å². The number of carbonyl (C=O) groups is 3. The number of anilines is 1. The Bertz CT molecular complexity index is 1170. The van der Waals surface area contributed by atoms with E-state index in [-0.39, 0.29) is 21.4 Å². The standard InChI is InChI=1S/C21H18Cl2N2O6S/c22-17-7-6-14(10-18(17)23)21(28)24-11-20(27)31-12-19(26)25(15-4-2-1-3-5-15)16-8-9-32(29,30)13-16/h1-10,16H,11-13H2,(H,24,28). The second-order valence-corrected chi connectivity index (χ2v) is 9.54. The van der Waals surface area contributed by atoms with Crippen LogP contribution in [0.4, 0.5) is 5.69 Å². The number of halogens is 2. The molecule has 0 saturated carbocycles. The van der Waals surface area contributed by atoms with Gasteiger partial charge in [0.05, 0.1) is 21.8 Å². The molecule has 2 aromatic carbocycles. The summed E-state index contributed by atoms with van der Waals surface area (Å²) in [6.07, 6.45) is 1.42. The molecule has 32 heavy (non-hydrogen) atoms. The van der Waals surface area contributed by atoms with E-state index in [9.17, 15) is 22.8 Å². The molecule has 0 bridgehead atoms. The van der Waals surface area contributed by atoms with E-state index in [0.717, 1.165) is 5.41 Å². The molecule has 1 unspecified atom stereocenters. The molecule has 2 aromatic rings. The fraction of sp³-hybridized carbons (Fsp3) is 0.190. The van der Waals surface area contributed by atoms with Crippen molar-refractivity contribution in [1.29, 1.82) is 0 Å². The number of esters is 1. The summed E-state index contributed by atoms with van der Waals surface area (Å²) >= 11 is 11.7. The number of sulfone groups is 1. The van der Waals surface area contributed by atoms with Crippen molar-refractivity contribution in [2.45, 2.75) is 6.04 Å². The highest BCUT2D eigenvalue weighted by Crippen LogP contribution is 2.23. The van der Waals surface area contributed by atoms with Crippen molar-refractivity contribution < 1.29 is 27.5 Å². The smallest absolute Gasteiger partial charge is 0.325 e. The van der Waals surface area contributed by atoms with E-state index in [2.05, 4.69) is 5.32 Å². The van der Waals surface area contributed by atoms with E-state index >= 15 is 0 Å². The van der Waals surface area contributed by atoms with Gasteiger partial charge in [0.1, 0.15) is 6.54 Å². The van der Waals surface area contributed by atoms with Crippen LogP contribution in [0.2, 0.25) is 10.0 Å². The number of amides is 2. The van der Waals surface area contributed by atoms with Crippen molar-refractivity contribution in [3.05, 3.63) is 75.6 Å². The fourth-order valence-corrected chi connectivity index (χ4v) is 4.55. The first-order valence-corrected chi connectivity index (χ1v) is 11.8. The molecule has 1 aliphatic heterocycles. The molecule has 1 atom stereocenters. The van der Waals surface area contributed by atoms with Crippen molar-refractivity contribution in [2.75, 3.05) is 23.8 Å². The molecule has 8 nitrogen and oxygen atoms in total. The molecule has 1 heterocycles. The number of para-hydroxylation sites is 1. The normalized spacial score (nSPS) is 16.4. The van der Waals surface area contributed by atoms with Gasteiger partial charge in [0.15, 0.2) is 16.4 Å². The highest BCUT2D eigenvalue weighted by molar-refractivity contribution is 7.94. The molecule has 0 aliphatic carbocycles. The van der Waals surface area contributed by atoms with Gasteiger partial charge in [-0.05, 0) is 36.4 Å². The highest BCUT2D eigenvalue weighted by atomic mass is 35.5. The summed E-state index contributed by atoms with van der Waals surface area (Å²) in [5.74, 6) is -2.28. The SMILES string of the molecule is O=C(CNC(=O)c1ccc(Cl)c(Cl)c1)OCC(=O)N(c1ccccc1)C1C=CS(=O)(=O)C1. The minimum absolute atomic E-state index is 0.191. The average Bonchev–Trinajstić information content (AvgIpc) is 3.12. The number of nitrogens with zero attached hydrogens (tertiary/aromatic N) is 1. The summed E-state index contributed by atoms with van der Waals surface area (Å²) < 4.78 is 28.6. The molecular weight excluding hydrogens is 479 g/mol. The zero-order valence-electron chi connectivity index (χ0n) is 16.5. The van der Waals surface area contributed by atoms with Crippen molar-refractivity contribution in [2.24, 2.45) is 0 Å². The van der Waals surface area contributed by atoms with Crippen LogP contribution in [0.1, 0.15) is 10.4 Å².